The van der Waals surface area contributed by atoms with Crippen molar-refractivity contribution in [2.24, 2.45) is 0 Å². The fourth-order valence-electron chi connectivity index (χ4n) is 1.96. The molecule has 0 unspecified atom stereocenters. The zero-order valence-electron chi connectivity index (χ0n) is 11.6. The van der Waals surface area contributed by atoms with E-state index in [0.29, 0.717) is 6.61 Å². The van der Waals surface area contributed by atoms with Crippen molar-refractivity contribution in [1.82, 2.24) is 4.98 Å². The lowest BCUT2D eigenvalue weighted by Gasteiger charge is -2.08. The summed E-state index contributed by atoms with van der Waals surface area (Å²) in [4.78, 5) is 4.23. The normalized spacial score (nSPS) is 10.1. The van der Waals surface area contributed by atoms with Crippen LogP contribution in [-0.2, 0) is 6.61 Å². The number of hydrogen-bond donors (Lipinski definition) is 1. The summed E-state index contributed by atoms with van der Waals surface area (Å²) in [6.07, 6.45) is 1.76. The molecule has 0 saturated carbocycles. The Bertz CT molecular complexity index is 667. The summed E-state index contributed by atoms with van der Waals surface area (Å²) in [5.41, 5.74) is 2.15. The molecule has 0 amide bonds. The van der Waals surface area contributed by atoms with E-state index < -0.39 is 0 Å². The third kappa shape index (κ3) is 3.83. The van der Waals surface area contributed by atoms with Gasteiger partial charge in [0.1, 0.15) is 18.2 Å². The summed E-state index contributed by atoms with van der Waals surface area (Å²) in [6.45, 7) is 0.577. The van der Waals surface area contributed by atoms with Gasteiger partial charge in [0.05, 0.1) is 0 Å². The van der Waals surface area contributed by atoms with E-state index in [1.54, 1.807) is 6.20 Å². The fourth-order valence-corrected chi connectivity index (χ4v) is 1.96. The van der Waals surface area contributed by atoms with Crippen LogP contribution in [0.2, 0.25) is 0 Å². The number of rotatable bonds is 5. The Morgan fingerprint density at radius 2 is 1.57 bits per heavy atom. The van der Waals surface area contributed by atoms with Gasteiger partial charge in [0, 0.05) is 11.9 Å². The highest BCUT2D eigenvalue weighted by molar-refractivity contribution is 5.56. The summed E-state index contributed by atoms with van der Waals surface area (Å²) < 4.78 is 5.75. The van der Waals surface area contributed by atoms with Crippen LogP contribution in [0.25, 0.3) is 0 Å². The minimum atomic E-state index is 0.577. The first kappa shape index (κ1) is 13.2. The third-order valence-electron chi connectivity index (χ3n) is 3.04. The van der Waals surface area contributed by atoms with Crippen molar-refractivity contribution in [2.45, 2.75) is 6.61 Å². The molecule has 1 aromatic heterocycles. The molecule has 0 aliphatic heterocycles. The van der Waals surface area contributed by atoms with E-state index in [0.717, 1.165) is 22.8 Å². The number of nitrogens with zero attached hydrogens (tertiary/aromatic N) is 1. The molecular weight excluding hydrogens is 260 g/mol. The van der Waals surface area contributed by atoms with E-state index >= 15 is 0 Å². The monoisotopic (exact) mass is 276 g/mol. The number of benzene rings is 2. The smallest absolute Gasteiger partial charge is 0.130 e. The molecule has 3 nitrogen and oxygen atoms in total. The molecule has 0 fully saturated rings. The second kappa shape index (κ2) is 6.57. The minimum absolute atomic E-state index is 0.577. The van der Waals surface area contributed by atoms with Crippen LogP contribution in [-0.4, -0.2) is 4.98 Å². The van der Waals surface area contributed by atoms with Gasteiger partial charge in [-0.15, -0.1) is 0 Å². The summed E-state index contributed by atoms with van der Waals surface area (Å²) in [5, 5.41) is 3.24. The molecule has 3 aromatic rings. The van der Waals surface area contributed by atoms with Gasteiger partial charge in [-0.3, -0.25) is 0 Å². The van der Waals surface area contributed by atoms with Crippen LogP contribution in [0.1, 0.15) is 5.56 Å². The zero-order chi connectivity index (χ0) is 14.3. The molecule has 1 N–H and O–H groups in total. The van der Waals surface area contributed by atoms with Crippen LogP contribution in [0.4, 0.5) is 11.5 Å². The van der Waals surface area contributed by atoms with Crippen molar-refractivity contribution in [3.8, 4) is 5.75 Å². The molecule has 0 atom stereocenters. The predicted octanol–water partition coefficient (Wildman–Crippen LogP) is 4.40. The second-order valence-corrected chi connectivity index (χ2v) is 4.64. The number of aromatic nitrogens is 1. The molecule has 0 aliphatic rings. The van der Waals surface area contributed by atoms with E-state index in [1.165, 1.54) is 0 Å². The van der Waals surface area contributed by atoms with Crippen LogP contribution in [0, 0.1) is 0 Å². The van der Waals surface area contributed by atoms with E-state index in [-0.39, 0.29) is 0 Å². The van der Waals surface area contributed by atoms with Gasteiger partial charge in [0.25, 0.3) is 0 Å². The van der Waals surface area contributed by atoms with E-state index in [9.17, 15) is 0 Å². The third-order valence-corrected chi connectivity index (χ3v) is 3.04. The molecule has 0 spiro atoms. The molecule has 2 aromatic carbocycles. The quantitative estimate of drug-likeness (QED) is 0.749. The highest BCUT2D eigenvalue weighted by Gasteiger charge is 1.98. The Balaban J connectivity index is 1.59. The molecule has 1 heterocycles. The number of hydrogen-bond acceptors (Lipinski definition) is 3. The Morgan fingerprint density at radius 1 is 0.810 bits per heavy atom. The lowest BCUT2D eigenvalue weighted by atomic mass is 10.2. The topological polar surface area (TPSA) is 34.1 Å². The Labute approximate surface area is 124 Å². The van der Waals surface area contributed by atoms with Crippen molar-refractivity contribution < 1.29 is 4.74 Å². The van der Waals surface area contributed by atoms with E-state index in [4.69, 9.17) is 4.74 Å². The number of ether oxygens (including phenoxy) is 1. The van der Waals surface area contributed by atoms with Crippen molar-refractivity contribution in [2.75, 3.05) is 5.32 Å². The molecule has 0 bridgehead atoms. The molecule has 21 heavy (non-hydrogen) atoms. The van der Waals surface area contributed by atoms with Gasteiger partial charge >= 0.3 is 0 Å². The number of nitrogens with one attached hydrogen (secondary N) is 1. The minimum Gasteiger partial charge on any atom is -0.489 e. The van der Waals surface area contributed by atoms with Crippen LogP contribution in [0.15, 0.2) is 79.0 Å². The summed E-state index contributed by atoms with van der Waals surface area (Å²) in [7, 11) is 0. The highest BCUT2D eigenvalue weighted by atomic mass is 16.5. The van der Waals surface area contributed by atoms with Crippen LogP contribution in [0.3, 0.4) is 0 Å². The molecular formula is C18H16N2O. The van der Waals surface area contributed by atoms with Crippen molar-refractivity contribution in [1.29, 1.82) is 0 Å². The van der Waals surface area contributed by atoms with E-state index in [1.807, 2.05) is 60.7 Å². The summed E-state index contributed by atoms with van der Waals surface area (Å²) in [6, 6.07) is 23.8. The Hall–Kier alpha value is -2.81. The highest BCUT2D eigenvalue weighted by Crippen LogP contribution is 2.19. The SMILES string of the molecule is c1ccc(COc2ccc(Nc3ccccn3)cc2)cc1. The standard InChI is InChI=1S/C18H16N2O/c1-2-6-15(7-3-1)14-21-17-11-9-16(10-12-17)20-18-8-4-5-13-19-18/h1-13H,14H2,(H,19,20). The lowest BCUT2D eigenvalue weighted by molar-refractivity contribution is 0.306. The van der Waals surface area contributed by atoms with Crippen LogP contribution in [0.5, 0.6) is 5.75 Å². The van der Waals surface area contributed by atoms with Gasteiger partial charge in [-0.1, -0.05) is 36.4 Å². The van der Waals surface area contributed by atoms with Gasteiger partial charge in [-0.25, -0.2) is 4.98 Å². The van der Waals surface area contributed by atoms with Crippen LogP contribution < -0.4 is 10.1 Å². The Kier molecular flexibility index (Phi) is 4.12. The molecule has 3 rings (SSSR count). The molecule has 3 heteroatoms. The van der Waals surface area contributed by atoms with Crippen molar-refractivity contribution in [3.63, 3.8) is 0 Å². The van der Waals surface area contributed by atoms with Gasteiger partial charge in [0.15, 0.2) is 0 Å². The zero-order valence-corrected chi connectivity index (χ0v) is 11.6. The molecule has 0 saturated heterocycles. The fraction of sp³-hybridized carbons (Fsp3) is 0.0556. The first-order valence-electron chi connectivity index (χ1n) is 6.85. The van der Waals surface area contributed by atoms with Crippen molar-refractivity contribution >= 4 is 11.5 Å². The predicted molar refractivity (Wildman–Crippen MR) is 84.7 cm³/mol. The van der Waals surface area contributed by atoms with Gasteiger partial charge in [0.2, 0.25) is 0 Å². The average Bonchev–Trinajstić information content (AvgIpc) is 2.56. The Morgan fingerprint density at radius 3 is 2.29 bits per heavy atom. The maximum absolute atomic E-state index is 5.75. The van der Waals surface area contributed by atoms with Crippen molar-refractivity contribution in [3.05, 3.63) is 84.6 Å². The average molecular weight is 276 g/mol. The second-order valence-electron chi connectivity index (χ2n) is 4.64. The molecule has 104 valence electrons. The lowest BCUT2D eigenvalue weighted by Crippen LogP contribution is -1.96. The first-order valence-corrected chi connectivity index (χ1v) is 6.85. The largest absolute Gasteiger partial charge is 0.489 e. The first-order chi connectivity index (χ1) is 10.4. The van der Waals surface area contributed by atoms with Gasteiger partial charge < -0.3 is 10.1 Å². The van der Waals surface area contributed by atoms with E-state index in [2.05, 4.69) is 22.4 Å². The van der Waals surface area contributed by atoms with Crippen LogP contribution >= 0.6 is 0 Å². The summed E-state index contributed by atoms with van der Waals surface area (Å²) in [5.74, 6) is 1.68. The summed E-state index contributed by atoms with van der Waals surface area (Å²) >= 11 is 0. The number of anilines is 2. The molecule has 0 radical (unpaired) electrons. The van der Waals surface area contributed by atoms with Gasteiger partial charge in [-0.2, -0.15) is 0 Å². The maximum Gasteiger partial charge on any atom is 0.130 e. The maximum atomic E-state index is 5.75. The van der Waals surface area contributed by atoms with Gasteiger partial charge in [-0.05, 0) is 42.0 Å². The molecule has 0 aliphatic carbocycles. The number of pyridine rings is 1.